The largest absolute Gasteiger partial charge is 0.481 e. The Labute approximate surface area is 72.5 Å². The predicted molar refractivity (Wildman–Crippen MR) is 45.7 cm³/mol. The molecule has 0 radical (unpaired) electrons. The lowest BCUT2D eigenvalue weighted by atomic mass is 9.97. The molecule has 0 rings (SSSR count). The summed E-state index contributed by atoms with van der Waals surface area (Å²) >= 11 is 0. The maximum Gasteiger partial charge on any atom is 0.310 e. The van der Waals surface area contributed by atoms with E-state index < -0.39 is 21.2 Å². The van der Waals surface area contributed by atoms with Crippen LogP contribution < -0.4 is 0 Å². The Balaban J connectivity index is 4.57. The first kappa shape index (κ1) is 11.4. The SMILES string of the molecule is CCS(=O)(=O)CC(C)(C)C(=O)O. The Morgan fingerprint density at radius 3 is 2.08 bits per heavy atom. The van der Waals surface area contributed by atoms with Crippen LogP contribution in [0.15, 0.2) is 0 Å². The Morgan fingerprint density at radius 1 is 1.42 bits per heavy atom. The van der Waals surface area contributed by atoms with Gasteiger partial charge in [0, 0.05) is 5.75 Å². The smallest absolute Gasteiger partial charge is 0.310 e. The summed E-state index contributed by atoms with van der Waals surface area (Å²) in [5.74, 6) is -1.39. The maximum absolute atomic E-state index is 11.1. The minimum atomic E-state index is -3.20. The summed E-state index contributed by atoms with van der Waals surface area (Å²) in [7, 11) is -3.20. The molecule has 0 bridgehead atoms. The molecule has 0 spiro atoms. The molecule has 0 atom stereocenters. The molecule has 0 aromatic heterocycles. The second-order valence-electron chi connectivity index (χ2n) is 3.37. The van der Waals surface area contributed by atoms with Gasteiger partial charge in [0.15, 0.2) is 9.84 Å². The molecule has 0 aliphatic heterocycles. The Bertz CT molecular complexity index is 263. The van der Waals surface area contributed by atoms with E-state index in [1.165, 1.54) is 20.8 Å². The van der Waals surface area contributed by atoms with Gasteiger partial charge in [0.25, 0.3) is 0 Å². The summed E-state index contributed by atoms with van der Waals surface area (Å²) in [5.41, 5.74) is -1.19. The van der Waals surface area contributed by atoms with Gasteiger partial charge in [-0.25, -0.2) is 8.42 Å². The Morgan fingerprint density at radius 2 is 1.83 bits per heavy atom. The fourth-order valence-corrected chi connectivity index (χ4v) is 2.14. The number of carboxylic acids is 1. The van der Waals surface area contributed by atoms with E-state index in [9.17, 15) is 13.2 Å². The van der Waals surface area contributed by atoms with E-state index in [0.29, 0.717) is 0 Å². The van der Waals surface area contributed by atoms with Crippen molar-refractivity contribution in [3.05, 3.63) is 0 Å². The minimum absolute atomic E-state index is 0.0102. The van der Waals surface area contributed by atoms with Crippen molar-refractivity contribution in [2.45, 2.75) is 20.8 Å². The topological polar surface area (TPSA) is 71.4 Å². The highest BCUT2D eigenvalue weighted by Crippen LogP contribution is 2.18. The third-order valence-electron chi connectivity index (χ3n) is 1.60. The van der Waals surface area contributed by atoms with E-state index in [4.69, 9.17) is 5.11 Å². The highest BCUT2D eigenvalue weighted by atomic mass is 32.2. The van der Waals surface area contributed by atoms with Crippen molar-refractivity contribution in [1.29, 1.82) is 0 Å². The molecule has 0 fully saturated rings. The normalized spacial score (nSPS) is 12.9. The quantitative estimate of drug-likeness (QED) is 0.708. The van der Waals surface area contributed by atoms with E-state index in [1.54, 1.807) is 0 Å². The lowest BCUT2D eigenvalue weighted by Gasteiger charge is -2.17. The molecule has 0 amide bonds. The third-order valence-corrected chi connectivity index (χ3v) is 3.64. The summed E-state index contributed by atoms with van der Waals surface area (Å²) < 4.78 is 22.1. The molecule has 0 saturated heterocycles. The summed E-state index contributed by atoms with van der Waals surface area (Å²) in [6, 6.07) is 0. The van der Waals surface area contributed by atoms with Crippen LogP contribution in [0.3, 0.4) is 0 Å². The zero-order valence-corrected chi connectivity index (χ0v) is 8.31. The van der Waals surface area contributed by atoms with Gasteiger partial charge < -0.3 is 5.11 Å². The number of aliphatic carboxylic acids is 1. The molecule has 1 N–H and O–H groups in total. The molecule has 0 unspecified atom stereocenters. The lowest BCUT2D eigenvalue weighted by molar-refractivity contribution is -0.145. The van der Waals surface area contributed by atoms with Crippen LogP contribution in [-0.2, 0) is 14.6 Å². The van der Waals surface area contributed by atoms with E-state index in [2.05, 4.69) is 0 Å². The molecule has 12 heavy (non-hydrogen) atoms. The first-order valence-corrected chi connectivity index (χ1v) is 5.47. The number of rotatable bonds is 4. The van der Waals surface area contributed by atoms with Crippen LogP contribution in [0.5, 0.6) is 0 Å². The van der Waals surface area contributed by atoms with Gasteiger partial charge in [0.1, 0.15) is 0 Å². The highest BCUT2D eigenvalue weighted by Gasteiger charge is 2.32. The van der Waals surface area contributed by atoms with Crippen molar-refractivity contribution in [3.8, 4) is 0 Å². The van der Waals surface area contributed by atoms with Gasteiger partial charge in [-0.2, -0.15) is 0 Å². The van der Waals surface area contributed by atoms with E-state index in [1.807, 2.05) is 0 Å². The molecule has 5 heteroatoms. The average molecular weight is 194 g/mol. The fourth-order valence-electron chi connectivity index (χ4n) is 0.714. The molecule has 0 aromatic carbocycles. The van der Waals surface area contributed by atoms with Gasteiger partial charge in [0.05, 0.1) is 11.2 Å². The molecule has 0 saturated carbocycles. The molecule has 4 nitrogen and oxygen atoms in total. The average Bonchev–Trinajstić information content (AvgIpc) is 1.85. The minimum Gasteiger partial charge on any atom is -0.481 e. The molecule has 0 aliphatic carbocycles. The lowest BCUT2D eigenvalue weighted by Crippen LogP contribution is -2.32. The molecular weight excluding hydrogens is 180 g/mol. The van der Waals surface area contributed by atoms with Gasteiger partial charge in [-0.15, -0.1) is 0 Å². The van der Waals surface area contributed by atoms with E-state index in [-0.39, 0.29) is 11.5 Å². The van der Waals surface area contributed by atoms with Gasteiger partial charge >= 0.3 is 5.97 Å². The number of hydrogen-bond donors (Lipinski definition) is 1. The number of sulfone groups is 1. The maximum atomic E-state index is 11.1. The Kier molecular flexibility index (Phi) is 3.26. The fraction of sp³-hybridized carbons (Fsp3) is 0.857. The van der Waals surface area contributed by atoms with Crippen LogP contribution >= 0.6 is 0 Å². The van der Waals surface area contributed by atoms with Gasteiger partial charge in [-0.05, 0) is 13.8 Å². The number of hydrogen-bond acceptors (Lipinski definition) is 3. The molecule has 0 aromatic rings. The van der Waals surface area contributed by atoms with Crippen LogP contribution in [0.1, 0.15) is 20.8 Å². The molecular formula is C7H14O4S. The summed E-state index contributed by atoms with van der Waals surface area (Å²) in [5, 5.41) is 8.64. The monoisotopic (exact) mass is 194 g/mol. The van der Waals surface area contributed by atoms with Crippen molar-refractivity contribution >= 4 is 15.8 Å². The second-order valence-corrected chi connectivity index (χ2v) is 5.72. The van der Waals surface area contributed by atoms with Gasteiger partial charge in [-0.3, -0.25) is 4.79 Å². The Hall–Kier alpha value is -0.580. The zero-order valence-electron chi connectivity index (χ0n) is 7.49. The van der Waals surface area contributed by atoms with Gasteiger partial charge in [-0.1, -0.05) is 6.92 Å². The van der Waals surface area contributed by atoms with Crippen molar-refractivity contribution in [2.24, 2.45) is 5.41 Å². The third kappa shape index (κ3) is 3.21. The number of carbonyl (C=O) groups is 1. The summed E-state index contributed by atoms with van der Waals surface area (Å²) in [4.78, 5) is 10.6. The molecule has 0 aliphatic rings. The van der Waals surface area contributed by atoms with Crippen LogP contribution in [0, 0.1) is 5.41 Å². The summed E-state index contributed by atoms with van der Waals surface area (Å²) in [6.07, 6.45) is 0. The van der Waals surface area contributed by atoms with E-state index in [0.717, 1.165) is 0 Å². The number of carboxylic acid groups (broad SMARTS) is 1. The van der Waals surface area contributed by atoms with E-state index >= 15 is 0 Å². The van der Waals surface area contributed by atoms with Crippen molar-refractivity contribution in [2.75, 3.05) is 11.5 Å². The van der Waals surface area contributed by atoms with Crippen LogP contribution in [-0.4, -0.2) is 31.0 Å². The second kappa shape index (κ2) is 3.43. The van der Waals surface area contributed by atoms with Crippen LogP contribution in [0.25, 0.3) is 0 Å². The zero-order chi connectivity index (χ0) is 9.99. The van der Waals surface area contributed by atoms with Gasteiger partial charge in [0.2, 0.25) is 0 Å². The van der Waals surface area contributed by atoms with Crippen molar-refractivity contribution in [3.63, 3.8) is 0 Å². The first-order chi connectivity index (χ1) is 5.21. The highest BCUT2D eigenvalue weighted by molar-refractivity contribution is 7.91. The predicted octanol–water partition coefficient (Wildman–Crippen LogP) is 0.532. The first-order valence-electron chi connectivity index (χ1n) is 3.65. The molecule has 72 valence electrons. The van der Waals surface area contributed by atoms with Crippen LogP contribution in [0.4, 0.5) is 0 Å². The molecule has 0 heterocycles. The standard InChI is InChI=1S/C7H14O4S/c1-4-12(10,11)5-7(2,3)6(8)9/h4-5H2,1-3H3,(H,8,9). The van der Waals surface area contributed by atoms with Crippen molar-refractivity contribution in [1.82, 2.24) is 0 Å². The van der Waals surface area contributed by atoms with Crippen molar-refractivity contribution < 1.29 is 18.3 Å². The summed E-state index contributed by atoms with van der Waals surface area (Å²) in [6.45, 7) is 4.32. The van der Waals surface area contributed by atoms with Crippen LogP contribution in [0.2, 0.25) is 0 Å².